The van der Waals surface area contributed by atoms with Crippen molar-refractivity contribution in [3.63, 3.8) is 0 Å². The van der Waals surface area contributed by atoms with E-state index in [4.69, 9.17) is 4.98 Å². The summed E-state index contributed by atoms with van der Waals surface area (Å²) in [6, 6.07) is 41.9. The zero-order chi connectivity index (χ0) is 35.8. The number of aromatic nitrogens is 2. The van der Waals surface area contributed by atoms with Crippen LogP contribution in [0.4, 0.5) is 0 Å². The summed E-state index contributed by atoms with van der Waals surface area (Å²) in [7, 11) is 0. The van der Waals surface area contributed by atoms with Crippen LogP contribution >= 0.6 is 0 Å². The van der Waals surface area contributed by atoms with Gasteiger partial charge in [0.1, 0.15) is 0 Å². The summed E-state index contributed by atoms with van der Waals surface area (Å²) in [6.45, 7) is 22.3. The second-order valence-electron chi connectivity index (χ2n) is 16.2. The fraction of sp³-hybridized carbons (Fsp3) is 0.292. The van der Waals surface area contributed by atoms with Crippen molar-refractivity contribution in [2.75, 3.05) is 0 Å². The number of hydrogen-bond donors (Lipinski definition) is 0. The maximum Gasteiger partial charge on any atom is 0.0167 e. The molecule has 51 heavy (non-hydrogen) atoms. The zero-order valence-electron chi connectivity index (χ0n) is 31.8. The molecule has 0 aliphatic heterocycles. The summed E-state index contributed by atoms with van der Waals surface area (Å²) in [4.78, 5) is 9.33. The molecule has 0 saturated carbocycles. The van der Waals surface area contributed by atoms with E-state index in [0.29, 0.717) is 11.8 Å². The quantitative estimate of drug-likeness (QED) is 0.130. The molecule has 0 fully saturated rings. The van der Waals surface area contributed by atoms with Gasteiger partial charge in [-0.25, -0.2) is 0 Å². The van der Waals surface area contributed by atoms with Gasteiger partial charge < -0.3 is 9.97 Å². The molecular formula is C48H50IrN2-2. The Kier molecular flexibility index (Phi) is 11.3. The van der Waals surface area contributed by atoms with E-state index in [2.05, 4.69) is 177 Å². The predicted octanol–water partition coefficient (Wildman–Crippen LogP) is 13.4. The first kappa shape index (κ1) is 38.1. The number of nitrogens with zero attached hydrogens (tertiary/aromatic N) is 2. The number of fused-ring (bicyclic) bond motifs is 5. The molecule has 3 heteroatoms. The average Bonchev–Trinajstić information content (AvgIpc) is 3.10. The molecule has 0 aliphatic rings. The van der Waals surface area contributed by atoms with Gasteiger partial charge in [0.2, 0.25) is 0 Å². The molecule has 2 aromatic heterocycles. The molecule has 0 spiro atoms. The van der Waals surface area contributed by atoms with Crippen LogP contribution in [0.3, 0.4) is 0 Å². The average molecular weight is 847 g/mol. The van der Waals surface area contributed by atoms with E-state index in [9.17, 15) is 0 Å². The molecule has 0 unspecified atom stereocenters. The van der Waals surface area contributed by atoms with Crippen molar-refractivity contribution in [2.24, 2.45) is 0 Å². The number of hydrogen-bond acceptors (Lipinski definition) is 2. The van der Waals surface area contributed by atoms with Crippen LogP contribution in [0.15, 0.2) is 109 Å². The molecule has 0 bridgehead atoms. The first-order valence-electron chi connectivity index (χ1n) is 18.0. The molecule has 1 radical (unpaired) electrons. The van der Waals surface area contributed by atoms with E-state index in [1.807, 2.05) is 18.5 Å². The third kappa shape index (κ3) is 8.33. The Morgan fingerprint density at radius 1 is 0.549 bits per heavy atom. The normalized spacial score (nSPS) is 11.9. The second kappa shape index (κ2) is 15.2. The van der Waals surface area contributed by atoms with Gasteiger partial charge in [0, 0.05) is 32.5 Å². The van der Waals surface area contributed by atoms with Crippen molar-refractivity contribution in [2.45, 2.75) is 91.9 Å². The largest absolute Gasteiger partial charge is 0.305 e. The van der Waals surface area contributed by atoms with Gasteiger partial charge in [0.25, 0.3) is 0 Å². The van der Waals surface area contributed by atoms with Gasteiger partial charge in [-0.05, 0) is 84.1 Å². The molecule has 5 aromatic carbocycles. The van der Waals surface area contributed by atoms with Crippen molar-refractivity contribution < 1.29 is 20.1 Å². The first-order chi connectivity index (χ1) is 23.7. The third-order valence-corrected chi connectivity index (χ3v) is 9.69. The molecule has 263 valence electrons. The van der Waals surface area contributed by atoms with Crippen LogP contribution in [0.2, 0.25) is 0 Å². The zero-order valence-corrected chi connectivity index (χ0v) is 34.2. The maximum absolute atomic E-state index is 4.82. The van der Waals surface area contributed by atoms with Crippen molar-refractivity contribution in [3.8, 4) is 22.5 Å². The van der Waals surface area contributed by atoms with Gasteiger partial charge in [-0.2, -0.15) is 0 Å². The topological polar surface area (TPSA) is 25.8 Å². The molecule has 0 amide bonds. The van der Waals surface area contributed by atoms with E-state index in [1.165, 1.54) is 54.6 Å². The number of benzene rings is 5. The summed E-state index contributed by atoms with van der Waals surface area (Å²) < 4.78 is 0. The van der Waals surface area contributed by atoms with Gasteiger partial charge in [0.05, 0.1) is 0 Å². The molecule has 7 aromatic rings. The fourth-order valence-corrected chi connectivity index (χ4v) is 6.48. The summed E-state index contributed by atoms with van der Waals surface area (Å²) in [5.74, 6) is 0.905. The summed E-state index contributed by atoms with van der Waals surface area (Å²) in [6.07, 6.45) is 3.84. The number of rotatable bonds is 4. The smallest absolute Gasteiger partial charge is 0.0167 e. The molecule has 0 saturated heterocycles. The summed E-state index contributed by atoms with van der Waals surface area (Å²) in [5.41, 5.74) is 9.69. The van der Waals surface area contributed by atoms with Crippen molar-refractivity contribution in [3.05, 3.63) is 144 Å². The van der Waals surface area contributed by atoms with E-state index in [-0.39, 0.29) is 30.9 Å². The van der Waals surface area contributed by atoms with E-state index in [1.54, 1.807) is 0 Å². The van der Waals surface area contributed by atoms with Crippen LogP contribution < -0.4 is 0 Å². The van der Waals surface area contributed by atoms with Crippen LogP contribution in [0.1, 0.15) is 103 Å². The molecule has 0 aliphatic carbocycles. The Morgan fingerprint density at radius 2 is 1.18 bits per heavy atom. The molecular weight excluding hydrogens is 797 g/mol. The molecule has 0 N–H and O–H groups in total. The van der Waals surface area contributed by atoms with Crippen LogP contribution in [0.25, 0.3) is 54.8 Å². The van der Waals surface area contributed by atoms with Gasteiger partial charge >= 0.3 is 0 Å². The molecule has 7 rings (SSSR count). The second-order valence-corrected chi connectivity index (χ2v) is 16.2. The van der Waals surface area contributed by atoms with Crippen molar-refractivity contribution >= 4 is 32.3 Å². The van der Waals surface area contributed by atoms with Crippen molar-refractivity contribution in [1.29, 1.82) is 0 Å². The minimum Gasteiger partial charge on any atom is -0.305 e. The van der Waals surface area contributed by atoms with Gasteiger partial charge in [-0.15, -0.1) is 70.3 Å². The minimum absolute atomic E-state index is 0. The Morgan fingerprint density at radius 3 is 1.88 bits per heavy atom. The van der Waals surface area contributed by atoms with Gasteiger partial charge in [-0.1, -0.05) is 124 Å². The monoisotopic (exact) mass is 847 g/mol. The van der Waals surface area contributed by atoms with Crippen molar-refractivity contribution in [1.82, 2.24) is 9.97 Å². The Hall–Kier alpha value is -4.17. The summed E-state index contributed by atoms with van der Waals surface area (Å²) in [5, 5.41) is 7.58. The fourth-order valence-electron chi connectivity index (χ4n) is 6.48. The van der Waals surface area contributed by atoms with Gasteiger partial charge in [-0.3, -0.25) is 0 Å². The first-order valence-corrected chi connectivity index (χ1v) is 18.0. The Balaban J connectivity index is 0.000000211. The van der Waals surface area contributed by atoms with Crippen LogP contribution in [0, 0.1) is 12.1 Å². The predicted molar refractivity (Wildman–Crippen MR) is 215 cm³/mol. The van der Waals surface area contributed by atoms with Crippen LogP contribution in [-0.2, 0) is 30.9 Å². The van der Waals surface area contributed by atoms with Crippen LogP contribution in [-0.4, -0.2) is 9.97 Å². The summed E-state index contributed by atoms with van der Waals surface area (Å²) >= 11 is 0. The number of pyridine rings is 2. The SMILES string of the molecule is CC(C)(C)c1cc[c-]c(-c2cc(C(C)(C)C)ccn2)c1.CC(C)c1[c-]c(-c2nccc3c2ccc2c4ccccc4ccc32)cc(C(C)C)c1.[Ir]. The molecule has 2 heterocycles. The molecule has 2 nitrogen and oxygen atoms in total. The third-order valence-electron chi connectivity index (χ3n) is 9.69. The standard InChI is InChI=1S/C29H26N.C19H24N.Ir/c1-18(2)21-15-22(19(3)4)17-23(16-21)29-28-12-11-25-24-8-6-5-7-20(24)9-10-26(25)27(28)13-14-30-29;1-18(2,3)15-9-7-8-14(12-15)17-13-16(10-11-20-17)19(4,5)6;/h5-16,18-19H,1-4H3;7,9-13H,1-6H3;/q2*-1;. The van der Waals surface area contributed by atoms with Crippen LogP contribution in [0.5, 0.6) is 0 Å². The Bertz CT molecular complexity index is 2220. The Labute approximate surface area is 319 Å². The maximum atomic E-state index is 4.82. The van der Waals surface area contributed by atoms with E-state index < -0.39 is 0 Å². The minimum atomic E-state index is 0. The molecule has 0 atom stereocenters. The van der Waals surface area contributed by atoms with Gasteiger partial charge in [0.15, 0.2) is 0 Å². The van der Waals surface area contributed by atoms with E-state index >= 15 is 0 Å². The van der Waals surface area contributed by atoms with E-state index in [0.717, 1.165) is 22.5 Å².